The quantitative estimate of drug-likeness (QED) is 0.752. The molecule has 2 aromatic rings. The molecule has 0 aliphatic rings. The van der Waals surface area contributed by atoms with Crippen molar-refractivity contribution in [2.45, 2.75) is 20.3 Å². The normalized spacial score (nSPS) is 11.4. The predicted molar refractivity (Wildman–Crippen MR) is 108 cm³/mol. The number of carbonyl (C=O) groups excluding carboxylic acids is 1. The minimum absolute atomic E-state index is 0.220. The minimum atomic E-state index is -3.50. The second-order valence-electron chi connectivity index (χ2n) is 6.62. The van der Waals surface area contributed by atoms with Crippen LogP contribution in [0.5, 0.6) is 5.75 Å². The first kappa shape index (κ1) is 20.9. The summed E-state index contributed by atoms with van der Waals surface area (Å²) in [6.45, 7) is 3.90. The number of anilines is 1. The number of methoxy groups -OCH3 is 1. The Kier molecular flexibility index (Phi) is 6.98. The van der Waals surface area contributed by atoms with Gasteiger partial charge in [-0.2, -0.15) is 4.31 Å². The van der Waals surface area contributed by atoms with Gasteiger partial charge >= 0.3 is 0 Å². The highest BCUT2D eigenvalue weighted by atomic mass is 32.2. The van der Waals surface area contributed by atoms with E-state index in [2.05, 4.69) is 5.32 Å². The Morgan fingerprint density at radius 3 is 2.19 bits per heavy atom. The molecule has 0 saturated heterocycles. The average molecular weight is 391 g/mol. The third-order valence-electron chi connectivity index (χ3n) is 4.10. The molecule has 146 valence electrons. The highest BCUT2D eigenvalue weighted by Gasteiger charge is 2.20. The molecule has 2 aromatic carbocycles. The van der Waals surface area contributed by atoms with Gasteiger partial charge in [0.25, 0.3) is 0 Å². The van der Waals surface area contributed by atoms with Crippen LogP contribution in [0.2, 0.25) is 0 Å². The number of amides is 1. The van der Waals surface area contributed by atoms with E-state index in [9.17, 15) is 13.2 Å². The van der Waals surface area contributed by atoms with E-state index in [0.29, 0.717) is 12.1 Å². The van der Waals surface area contributed by atoms with Gasteiger partial charge in [0, 0.05) is 12.2 Å². The van der Waals surface area contributed by atoms with E-state index in [1.807, 2.05) is 56.3 Å². The van der Waals surface area contributed by atoms with Crippen LogP contribution in [0.1, 0.15) is 16.7 Å². The maximum absolute atomic E-state index is 12.4. The van der Waals surface area contributed by atoms with Crippen molar-refractivity contribution in [1.82, 2.24) is 4.31 Å². The number of ether oxygens (including phenoxy) is 1. The molecule has 0 aromatic heterocycles. The Labute approximate surface area is 161 Å². The first-order valence-corrected chi connectivity index (χ1v) is 10.5. The molecule has 0 bridgehead atoms. The van der Waals surface area contributed by atoms with Gasteiger partial charge in [-0.15, -0.1) is 0 Å². The second kappa shape index (κ2) is 9.01. The zero-order chi connectivity index (χ0) is 20.0. The van der Waals surface area contributed by atoms with Gasteiger partial charge in [-0.3, -0.25) is 4.79 Å². The van der Waals surface area contributed by atoms with E-state index in [4.69, 9.17) is 4.74 Å². The molecule has 27 heavy (non-hydrogen) atoms. The van der Waals surface area contributed by atoms with E-state index < -0.39 is 10.0 Å². The van der Waals surface area contributed by atoms with Crippen molar-refractivity contribution in [2.75, 3.05) is 31.8 Å². The second-order valence-corrected chi connectivity index (χ2v) is 8.60. The zero-order valence-corrected chi connectivity index (χ0v) is 17.0. The summed E-state index contributed by atoms with van der Waals surface area (Å²) < 4.78 is 30.5. The number of hydrogen-bond acceptors (Lipinski definition) is 4. The topological polar surface area (TPSA) is 75.7 Å². The summed E-state index contributed by atoms with van der Waals surface area (Å²) in [6, 6.07) is 13.1. The van der Waals surface area contributed by atoms with Crippen LogP contribution >= 0.6 is 0 Å². The average Bonchev–Trinajstić information content (AvgIpc) is 2.57. The molecule has 6 nitrogen and oxygen atoms in total. The van der Waals surface area contributed by atoms with Crippen molar-refractivity contribution >= 4 is 21.6 Å². The van der Waals surface area contributed by atoms with Gasteiger partial charge in [0.15, 0.2) is 0 Å². The fraction of sp³-hybridized carbons (Fsp3) is 0.350. The standard InChI is InChI=1S/C20H26N2O4S/c1-15-11-16(2)13-18(12-15)21-20(23)14-22(27(4,24)25)10-9-17-5-7-19(26-3)8-6-17/h5-8,11-13H,9-10,14H2,1-4H3,(H,21,23). The molecule has 2 rings (SSSR count). The van der Waals surface area contributed by atoms with Crippen LogP contribution in [0.15, 0.2) is 42.5 Å². The maximum Gasteiger partial charge on any atom is 0.239 e. The lowest BCUT2D eigenvalue weighted by molar-refractivity contribution is -0.116. The van der Waals surface area contributed by atoms with E-state index in [1.165, 1.54) is 4.31 Å². The number of aryl methyl sites for hydroxylation is 2. The summed E-state index contributed by atoms with van der Waals surface area (Å²) in [7, 11) is -1.91. The summed E-state index contributed by atoms with van der Waals surface area (Å²) in [4.78, 5) is 12.4. The lowest BCUT2D eigenvalue weighted by atomic mass is 10.1. The zero-order valence-electron chi connectivity index (χ0n) is 16.2. The molecule has 1 amide bonds. The summed E-state index contributed by atoms with van der Waals surface area (Å²) in [5, 5.41) is 2.78. The van der Waals surface area contributed by atoms with Crippen LogP contribution in [0.3, 0.4) is 0 Å². The summed E-state index contributed by atoms with van der Waals surface area (Å²) in [5.41, 5.74) is 3.70. The largest absolute Gasteiger partial charge is 0.497 e. The summed E-state index contributed by atoms with van der Waals surface area (Å²) >= 11 is 0. The maximum atomic E-state index is 12.4. The molecule has 0 aliphatic carbocycles. The molecule has 0 fully saturated rings. The number of carbonyl (C=O) groups is 1. The highest BCUT2D eigenvalue weighted by Crippen LogP contribution is 2.15. The monoisotopic (exact) mass is 390 g/mol. The van der Waals surface area contributed by atoms with Gasteiger partial charge in [-0.1, -0.05) is 18.2 Å². The van der Waals surface area contributed by atoms with Crippen molar-refractivity contribution in [3.8, 4) is 5.75 Å². The molecule has 0 radical (unpaired) electrons. The molecule has 0 spiro atoms. The Balaban J connectivity index is 2.01. The fourth-order valence-corrected chi connectivity index (χ4v) is 3.59. The Bertz CT molecular complexity index is 872. The van der Waals surface area contributed by atoms with Gasteiger partial charge in [0.05, 0.1) is 19.9 Å². The lowest BCUT2D eigenvalue weighted by Crippen LogP contribution is -2.38. The Hall–Kier alpha value is -2.38. The van der Waals surface area contributed by atoms with E-state index in [-0.39, 0.29) is 19.0 Å². The van der Waals surface area contributed by atoms with Crippen molar-refractivity contribution in [3.05, 3.63) is 59.2 Å². The van der Waals surface area contributed by atoms with Crippen molar-refractivity contribution in [3.63, 3.8) is 0 Å². The van der Waals surface area contributed by atoms with Crippen molar-refractivity contribution in [1.29, 1.82) is 0 Å². The van der Waals surface area contributed by atoms with Gasteiger partial charge in [0.1, 0.15) is 5.75 Å². The minimum Gasteiger partial charge on any atom is -0.497 e. The number of sulfonamides is 1. The molecule has 7 heteroatoms. The molecule has 1 N–H and O–H groups in total. The van der Waals surface area contributed by atoms with Gasteiger partial charge in [-0.25, -0.2) is 8.42 Å². The van der Waals surface area contributed by atoms with Gasteiger partial charge in [0.2, 0.25) is 15.9 Å². The van der Waals surface area contributed by atoms with E-state index in [0.717, 1.165) is 28.7 Å². The third-order valence-corrected chi connectivity index (χ3v) is 5.35. The molecule has 0 heterocycles. The smallest absolute Gasteiger partial charge is 0.239 e. The van der Waals surface area contributed by atoms with Crippen LogP contribution in [0, 0.1) is 13.8 Å². The summed E-state index contributed by atoms with van der Waals surface area (Å²) in [5.74, 6) is 0.381. The number of rotatable bonds is 8. The molecule has 0 unspecified atom stereocenters. The fourth-order valence-electron chi connectivity index (χ4n) is 2.82. The van der Waals surface area contributed by atoms with Crippen LogP contribution in [0.25, 0.3) is 0 Å². The van der Waals surface area contributed by atoms with E-state index >= 15 is 0 Å². The van der Waals surface area contributed by atoms with Gasteiger partial charge in [-0.05, 0) is 61.2 Å². The van der Waals surface area contributed by atoms with Crippen LogP contribution < -0.4 is 10.1 Å². The number of hydrogen-bond donors (Lipinski definition) is 1. The molecule has 0 aliphatic heterocycles. The number of nitrogens with one attached hydrogen (secondary N) is 1. The van der Waals surface area contributed by atoms with Crippen molar-refractivity contribution in [2.24, 2.45) is 0 Å². The first-order chi connectivity index (χ1) is 12.7. The van der Waals surface area contributed by atoms with Crippen molar-refractivity contribution < 1.29 is 17.9 Å². The first-order valence-electron chi connectivity index (χ1n) is 8.63. The van der Waals surface area contributed by atoms with Crippen LogP contribution in [-0.2, 0) is 21.2 Å². The predicted octanol–water partition coefficient (Wildman–Crippen LogP) is 2.75. The Morgan fingerprint density at radius 1 is 1.07 bits per heavy atom. The number of benzene rings is 2. The highest BCUT2D eigenvalue weighted by molar-refractivity contribution is 7.88. The van der Waals surface area contributed by atoms with E-state index in [1.54, 1.807) is 7.11 Å². The number of nitrogens with zero attached hydrogens (tertiary/aromatic N) is 1. The van der Waals surface area contributed by atoms with Crippen LogP contribution in [-0.4, -0.2) is 45.1 Å². The van der Waals surface area contributed by atoms with Crippen LogP contribution in [0.4, 0.5) is 5.69 Å². The SMILES string of the molecule is COc1ccc(CCN(CC(=O)Nc2cc(C)cc(C)c2)S(C)(=O)=O)cc1. The molecular formula is C20H26N2O4S. The lowest BCUT2D eigenvalue weighted by Gasteiger charge is -2.19. The summed E-state index contributed by atoms with van der Waals surface area (Å²) in [6.07, 6.45) is 1.62. The molecule has 0 atom stereocenters. The van der Waals surface area contributed by atoms with Gasteiger partial charge < -0.3 is 10.1 Å². The molecule has 0 saturated carbocycles. The third kappa shape index (κ3) is 6.69. The molecular weight excluding hydrogens is 364 g/mol. The Morgan fingerprint density at radius 2 is 1.67 bits per heavy atom.